The van der Waals surface area contributed by atoms with Crippen molar-refractivity contribution in [2.24, 2.45) is 11.1 Å². The van der Waals surface area contributed by atoms with E-state index in [1.54, 1.807) is 6.20 Å². The van der Waals surface area contributed by atoms with Crippen molar-refractivity contribution in [2.75, 3.05) is 19.8 Å². The van der Waals surface area contributed by atoms with Crippen molar-refractivity contribution in [2.45, 2.75) is 25.9 Å². The van der Waals surface area contributed by atoms with Crippen LogP contribution >= 0.6 is 0 Å². The van der Waals surface area contributed by atoms with Gasteiger partial charge in [0.1, 0.15) is 6.10 Å². The van der Waals surface area contributed by atoms with Crippen LogP contribution in [0.1, 0.15) is 30.2 Å². The Morgan fingerprint density at radius 2 is 2.41 bits per heavy atom. The average Bonchev–Trinajstić information content (AvgIpc) is 2.39. The number of hydrogen-bond acceptors (Lipinski definition) is 4. The predicted octanol–water partition coefficient (Wildman–Crippen LogP) is 1.18. The third-order valence-electron chi connectivity index (χ3n) is 3.55. The van der Waals surface area contributed by atoms with Crippen LogP contribution in [-0.4, -0.2) is 29.8 Å². The molecule has 94 valence electrons. The van der Waals surface area contributed by atoms with E-state index < -0.39 is 6.10 Å². The summed E-state index contributed by atoms with van der Waals surface area (Å²) in [5.41, 5.74) is 7.24. The summed E-state index contributed by atoms with van der Waals surface area (Å²) in [6, 6.07) is 3.82. The van der Waals surface area contributed by atoms with Gasteiger partial charge in [0.05, 0.1) is 12.3 Å². The molecule has 0 aliphatic carbocycles. The minimum atomic E-state index is -0.645. The maximum Gasteiger partial charge on any atom is 0.105 e. The number of nitrogens with zero attached hydrogens (tertiary/aromatic N) is 1. The Bertz CT molecular complexity index is 358. The lowest BCUT2D eigenvalue weighted by Crippen LogP contribution is -2.43. The molecule has 0 aromatic carbocycles. The Labute approximate surface area is 102 Å². The minimum Gasteiger partial charge on any atom is -0.386 e. The second-order valence-corrected chi connectivity index (χ2v) is 4.89. The van der Waals surface area contributed by atoms with Gasteiger partial charge in [-0.15, -0.1) is 0 Å². The fourth-order valence-corrected chi connectivity index (χ4v) is 2.32. The smallest absolute Gasteiger partial charge is 0.105 e. The molecule has 1 fully saturated rings. The number of nitrogens with two attached hydrogens (primary N) is 1. The van der Waals surface area contributed by atoms with Crippen molar-refractivity contribution in [3.63, 3.8) is 0 Å². The Hall–Kier alpha value is -0.970. The van der Waals surface area contributed by atoms with E-state index in [0.717, 1.165) is 25.0 Å². The molecule has 2 rings (SSSR count). The third-order valence-corrected chi connectivity index (χ3v) is 3.55. The van der Waals surface area contributed by atoms with Crippen LogP contribution in [0.2, 0.25) is 0 Å². The zero-order valence-electron chi connectivity index (χ0n) is 10.2. The third kappa shape index (κ3) is 2.49. The van der Waals surface area contributed by atoms with Gasteiger partial charge in [-0.3, -0.25) is 4.98 Å². The van der Waals surface area contributed by atoms with Gasteiger partial charge in [0, 0.05) is 24.8 Å². The Morgan fingerprint density at radius 1 is 1.59 bits per heavy atom. The van der Waals surface area contributed by atoms with Crippen molar-refractivity contribution < 1.29 is 9.84 Å². The van der Waals surface area contributed by atoms with Crippen LogP contribution in [0.25, 0.3) is 0 Å². The fourth-order valence-electron chi connectivity index (χ4n) is 2.32. The van der Waals surface area contributed by atoms with E-state index in [2.05, 4.69) is 4.98 Å². The molecule has 0 saturated carbocycles. The van der Waals surface area contributed by atoms with Crippen molar-refractivity contribution >= 4 is 0 Å². The van der Waals surface area contributed by atoms with Gasteiger partial charge >= 0.3 is 0 Å². The van der Waals surface area contributed by atoms with Gasteiger partial charge in [-0.1, -0.05) is 6.07 Å². The minimum absolute atomic E-state index is 0.374. The number of aryl methyl sites for hydroxylation is 1. The standard InChI is InChI=1S/C13H20N2O2/c1-10-3-4-11(15-7-10)12(16)13(8-14)5-2-6-17-9-13/h3-4,7,12,16H,2,5-6,8-9,14H2,1H3. The topological polar surface area (TPSA) is 68.4 Å². The number of aliphatic hydroxyl groups excluding tert-OH is 1. The molecule has 0 spiro atoms. The molecule has 17 heavy (non-hydrogen) atoms. The monoisotopic (exact) mass is 236 g/mol. The van der Waals surface area contributed by atoms with Crippen molar-refractivity contribution in [1.29, 1.82) is 0 Å². The average molecular weight is 236 g/mol. The van der Waals surface area contributed by atoms with Gasteiger partial charge in [0.15, 0.2) is 0 Å². The first-order valence-corrected chi connectivity index (χ1v) is 6.06. The van der Waals surface area contributed by atoms with Gasteiger partial charge in [0.25, 0.3) is 0 Å². The summed E-state index contributed by atoms with van der Waals surface area (Å²) in [5, 5.41) is 10.5. The quantitative estimate of drug-likeness (QED) is 0.827. The second-order valence-electron chi connectivity index (χ2n) is 4.89. The molecule has 2 unspecified atom stereocenters. The predicted molar refractivity (Wildman–Crippen MR) is 65.5 cm³/mol. The molecule has 0 bridgehead atoms. The number of rotatable bonds is 3. The highest BCUT2D eigenvalue weighted by molar-refractivity contribution is 5.16. The summed E-state index contributed by atoms with van der Waals surface area (Å²) in [6.45, 7) is 3.67. The summed E-state index contributed by atoms with van der Waals surface area (Å²) in [6.07, 6.45) is 2.96. The maximum absolute atomic E-state index is 10.5. The van der Waals surface area contributed by atoms with Crippen LogP contribution in [0.4, 0.5) is 0 Å². The molecule has 4 heteroatoms. The summed E-state index contributed by atoms with van der Waals surface area (Å²) in [4.78, 5) is 4.29. The first-order valence-electron chi connectivity index (χ1n) is 6.06. The Kier molecular flexibility index (Phi) is 3.76. The molecule has 4 nitrogen and oxygen atoms in total. The molecule has 0 amide bonds. The molecule has 3 N–H and O–H groups in total. The molecular weight excluding hydrogens is 216 g/mol. The first kappa shape index (κ1) is 12.5. The summed E-state index contributed by atoms with van der Waals surface area (Å²) in [7, 11) is 0. The maximum atomic E-state index is 10.5. The molecule has 1 aliphatic rings. The number of aromatic nitrogens is 1. The molecule has 1 aromatic rings. The van der Waals surface area contributed by atoms with Crippen LogP contribution in [0.5, 0.6) is 0 Å². The summed E-state index contributed by atoms with van der Waals surface area (Å²) in [5.74, 6) is 0. The zero-order chi connectivity index (χ0) is 12.3. The van der Waals surface area contributed by atoms with Crippen molar-refractivity contribution in [1.82, 2.24) is 4.98 Å². The van der Waals surface area contributed by atoms with Crippen LogP contribution < -0.4 is 5.73 Å². The van der Waals surface area contributed by atoms with Gasteiger partial charge in [-0.05, 0) is 31.4 Å². The molecule has 1 aromatic heterocycles. The normalized spacial score (nSPS) is 26.8. The highest BCUT2D eigenvalue weighted by atomic mass is 16.5. The molecule has 0 radical (unpaired) electrons. The van der Waals surface area contributed by atoms with Crippen molar-refractivity contribution in [3.8, 4) is 0 Å². The van der Waals surface area contributed by atoms with Crippen LogP contribution in [-0.2, 0) is 4.74 Å². The molecular formula is C13H20N2O2. The van der Waals surface area contributed by atoms with Crippen LogP contribution in [0, 0.1) is 12.3 Å². The van der Waals surface area contributed by atoms with E-state index in [-0.39, 0.29) is 5.41 Å². The van der Waals surface area contributed by atoms with E-state index in [0.29, 0.717) is 18.8 Å². The number of aliphatic hydroxyl groups is 1. The Balaban J connectivity index is 2.21. The van der Waals surface area contributed by atoms with E-state index in [1.807, 2.05) is 19.1 Å². The molecule has 2 atom stereocenters. The highest BCUT2D eigenvalue weighted by Crippen LogP contribution is 2.39. The van der Waals surface area contributed by atoms with E-state index in [4.69, 9.17) is 10.5 Å². The summed E-state index contributed by atoms with van der Waals surface area (Å²) >= 11 is 0. The fraction of sp³-hybridized carbons (Fsp3) is 0.615. The lowest BCUT2D eigenvalue weighted by atomic mass is 9.76. The van der Waals surface area contributed by atoms with E-state index in [1.165, 1.54) is 0 Å². The molecule has 2 heterocycles. The van der Waals surface area contributed by atoms with E-state index in [9.17, 15) is 5.11 Å². The second kappa shape index (κ2) is 5.12. The molecule has 1 saturated heterocycles. The van der Waals surface area contributed by atoms with Crippen LogP contribution in [0.15, 0.2) is 18.3 Å². The number of pyridine rings is 1. The van der Waals surface area contributed by atoms with Crippen LogP contribution in [0.3, 0.4) is 0 Å². The van der Waals surface area contributed by atoms with E-state index >= 15 is 0 Å². The lowest BCUT2D eigenvalue weighted by Gasteiger charge is -2.39. The van der Waals surface area contributed by atoms with Crippen molar-refractivity contribution in [3.05, 3.63) is 29.6 Å². The van der Waals surface area contributed by atoms with Gasteiger partial charge < -0.3 is 15.6 Å². The number of hydrogen-bond donors (Lipinski definition) is 2. The molecule has 1 aliphatic heterocycles. The van der Waals surface area contributed by atoms with Gasteiger partial charge in [-0.25, -0.2) is 0 Å². The van der Waals surface area contributed by atoms with Gasteiger partial charge in [-0.2, -0.15) is 0 Å². The number of ether oxygens (including phenoxy) is 1. The summed E-state index contributed by atoms with van der Waals surface area (Å²) < 4.78 is 5.47. The first-order chi connectivity index (χ1) is 8.18. The zero-order valence-corrected chi connectivity index (χ0v) is 10.2. The SMILES string of the molecule is Cc1ccc(C(O)C2(CN)CCCOC2)nc1. The Morgan fingerprint density at radius 3 is 2.94 bits per heavy atom. The highest BCUT2D eigenvalue weighted by Gasteiger charge is 2.40. The lowest BCUT2D eigenvalue weighted by molar-refractivity contribution is -0.0796. The van der Waals surface area contributed by atoms with Gasteiger partial charge in [0.2, 0.25) is 0 Å². The largest absolute Gasteiger partial charge is 0.386 e.